The molecule has 0 spiro atoms. The number of aryl methyl sites for hydroxylation is 1. The maximum atomic E-state index is 12.7. The third kappa shape index (κ3) is 4.13. The number of carbonyl (C=O) groups is 3. The summed E-state index contributed by atoms with van der Waals surface area (Å²) in [6.07, 6.45) is 0. The molecule has 30 heavy (non-hydrogen) atoms. The zero-order valence-electron chi connectivity index (χ0n) is 16.2. The molecule has 0 atom stereocenters. The summed E-state index contributed by atoms with van der Waals surface area (Å²) >= 11 is 1.27. The van der Waals surface area contributed by atoms with Crippen molar-refractivity contribution in [2.24, 2.45) is 4.99 Å². The fourth-order valence-electron chi connectivity index (χ4n) is 2.86. The lowest BCUT2D eigenvalue weighted by molar-refractivity contribution is -0.118. The van der Waals surface area contributed by atoms with E-state index in [2.05, 4.69) is 26.0 Å². The third-order valence-electron chi connectivity index (χ3n) is 4.28. The Morgan fingerprint density at radius 3 is 2.63 bits per heavy atom. The number of aromatic nitrogens is 1. The summed E-state index contributed by atoms with van der Waals surface area (Å²) in [5.74, 6) is -0.906. The molecule has 1 aromatic heterocycles. The second-order valence-electron chi connectivity index (χ2n) is 6.68. The molecule has 0 radical (unpaired) electrons. The van der Waals surface area contributed by atoms with Crippen molar-refractivity contribution in [3.63, 3.8) is 0 Å². The minimum atomic E-state index is -0.499. The van der Waals surface area contributed by atoms with Crippen LogP contribution in [0.1, 0.15) is 12.5 Å². The van der Waals surface area contributed by atoms with Crippen LogP contribution in [0.15, 0.2) is 47.5 Å². The molecule has 152 valence electrons. The lowest BCUT2D eigenvalue weighted by Gasteiger charge is -2.27. The molecular weight excluding hydrogens is 404 g/mol. The molecule has 1 aliphatic rings. The van der Waals surface area contributed by atoms with Gasteiger partial charge in [0, 0.05) is 12.6 Å². The molecular formula is C20H18N6O3S. The number of aliphatic imine (C=N–C) groups is 1. The van der Waals surface area contributed by atoms with Gasteiger partial charge in [0.1, 0.15) is 6.54 Å². The van der Waals surface area contributed by atoms with Crippen molar-refractivity contribution in [2.45, 2.75) is 13.8 Å². The van der Waals surface area contributed by atoms with Gasteiger partial charge >= 0.3 is 0 Å². The fourth-order valence-corrected chi connectivity index (χ4v) is 3.76. The summed E-state index contributed by atoms with van der Waals surface area (Å²) in [6, 6.07) is 12.6. The molecule has 1 aliphatic heterocycles. The quantitative estimate of drug-likeness (QED) is 0.597. The molecule has 3 aromatic rings. The van der Waals surface area contributed by atoms with Gasteiger partial charge in [-0.05, 0) is 37.3 Å². The average Bonchev–Trinajstić information content (AvgIpc) is 3.10. The minimum Gasteiger partial charge on any atom is -0.326 e. The summed E-state index contributed by atoms with van der Waals surface area (Å²) in [5, 5.41) is 7.11. The number of anilines is 3. The fraction of sp³-hybridized carbons (Fsp3) is 0.150. The summed E-state index contributed by atoms with van der Waals surface area (Å²) in [6.45, 7) is 3.25. The SMILES string of the molecule is CC(=O)Nc1ccc2nc(NC(=O)C3=NCC(=O)N(c4ccc(C)cc4)N3)sc2c1. The molecule has 0 unspecified atom stereocenters. The van der Waals surface area contributed by atoms with Crippen LogP contribution in [0.3, 0.4) is 0 Å². The Morgan fingerprint density at radius 1 is 1.13 bits per heavy atom. The van der Waals surface area contributed by atoms with Gasteiger partial charge in [-0.3, -0.25) is 30.1 Å². The van der Waals surface area contributed by atoms with Crippen LogP contribution in [0.25, 0.3) is 10.2 Å². The lowest BCUT2D eigenvalue weighted by Crippen LogP contribution is -2.54. The number of hydrogen-bond donors (Lipinski definition) is 3. The second-order valence-corrected chi connectivity index (χ2v) is 7.71. The molecule has 3 N–H and O–H groups in total. The molecule has 0 aliphatic carbocycles. The van der Waals surface area contributed by atoms with Crippen molar-refractivity contribution < 1.29 is 14.4 Å². The number of benzene rings is 2. The Kier molecular flexibility index (Phi) is 5.15. The third-order valence-corrected chi connectivity index (χ3v) is 5.21. The molecule has 0 saturated carbocycles. The monoisotopic (exact) mass is 422 g/mol. The van der Waals surface area contributed by atoms with Gasteiger partial charge in [-0.1, -0.05) is 29.0 Å². The van der Waals surface area contributed by atoms with Gasteiger partial charge in [-0.2, -0.15) is 0 Å². The summed E-state index contributed by atoms with van der Waals surface area (Å²) < 4.78 is 0.812. The molecule has 3 amide bonds. The van der Waals surface area contributed by atoms with Crippen LogP contribution < -0.4 is 21.1 Å². The van der Waals surface area contributed by atoms with E-state index >= 15 is 0 Å². The zero-order valence-corrected chi connectivity index (χ0v) is 17.0. The van der Waals surface area contributed by atoms with E-state index in [1.165, 1.54) is 23.3 Å². The van der Waals surface area contributed by atoms with Crippen molar-refractivity contribution in [2.75, 3.05) is 22.2 Å². The van der Waals surface area contributed by atoms with E-state index in [4.69, 9.17) is 0 Å². The number of amides is 3. The van der Waals surface area contributed by atoms with E-state index in [1.54, 1.807) is 30.3 Å². The van der Waals surface area contributed by atoms with E-state index in [0.29, 0.717) is 22.0 Å². The number of hydrogen-bond acceptors (Lipinski definition) is 7. The number of thiazole rings is 1. The van der Waals surface area contributed by atoms with E-state index in [0.717, 1.165) is 10.3 Å². The Hall–Kier alpha value is -3.79. The van der Waals surface area contributed by atoms with Gasteiger partial charge in [0.2, 0.25) is 11.7 Å². The first-order valence-corrected chi connectivity index (χ1v) is 9.91. The van der Waals surface area contributed by atoms with Gasteiger partial charge in [0.15, 0.2) is 5.13 Å². The Morgan fingerprint density at radius 2 is 1.90 bits per heavy atom. The van der Waals surface area contributed by atoms with E-state index < -0.39 is 5.91 Å². The summed E-state index contributed by atoms with van der Waals surface area (Å²) in [7, 11) is 0. The number of hydrazine groups is 1. The molecule has 4 rings (SSSR count). The highest BCUT2D eigenvalue weighted by atomic mass is 32.1. The molecule has 0 saturated heterocycles. The first-order chi connectivity index (χ1) is 14.4. The van der Waals surface area contributed by atoms with Crippen LogP contribution in [-0.4, -0.2) is 35.1 Å². The first kappa shape index (κ1) is 19.5. The van der Waals surface area contributed by atoms with Crippen molar-refractivity contribution >= 4 is 61.6 Å². The van der Waals surface area contributed by atoms with Gasteiger partial charge in [0.25, 0.3) is 11.8 Å². The average molecular weight is 422 g/mol. The molecule has 2 heterocycles. The highest BCUT2D eigenvalue weighted by Gasteiger charge is 2.26. The Bertz CT molecular complexity index is 1180. The van der Waals surface area contributed by atoms with Gasteiger partial charge in [-0.25, -0.2) is 9.99 Å². The number of fused-ring (bicyclic) bond motifs is 1. The van der Waals surface area contributed by atoms with Crippen LogP contribution >= 0.6 is 11.3 Å². The number of amidine groups is 1. The molecule has 2 aromatic carbocycles. The second kappa shape index (κ2) is 7.91. The molecule has 0 bridgehead atoms. The smallest absolute Gasteiger partial charge is 0.294 e. The van der Waals surface area contributed by atoms with Crippen molar-refractivity contribution in [3.8, 4) is 0 Å². The van der Waals surface area contributed by atoms with Crippen LogP contribution in [-0.2, 0) is 14.4 Å². The van der Waals surface area contributed by atoms with Gasteiger partial charge < -0.3 is 5.32 Å². The minimum absolute atomic E-state index is 0.0216. The predicted octanol–water partition coefficient (Wildman–Crippen LogP) is 2.45. The van der Waals surface area contributed by atoms with E-state index in [-0.39, 0.29) is 24.2 Å². The molecule has 0 fully saturated rings. The van der Waals surface area contributed by atoms with Crippen LogP contribution in [0.4, 0.5) is 16.5 Å². The van der Waals surface area contributed by atoms with Gasteiger partial charge in [-0.15, -0.1) is 0 Å². The normalized spacial score (nSPS) is 13.6. The van der Waals surface area contributed by atoms with Crippen LogP contribution in [0, 0.1) is 6.92 Å². The highest BCUT2D eigenvalue weighted by Crippen LogP contribution is 2.28. The maximum absolute atomic E-state index is 12.7. The maximum Gasteiger partial charge on any atom is 0.294 e. The molecule has 9 nitrogen and oxygen atoms in total. The number of nitrogens with one attached hydrogen (secondary N) is 3. The van der Waals surface area contributed by atoms with E-state index in [9.17, 15) is 14.4 Å². The van der Waals surface area contributed by atoms with E-state index in [1.807, 2.05) is 19.1 Å². The first-order valence-electron chi connectivity index (χ1n) is 9.09. The predicted molar refractivity (Wildman–Crippen MR) is 117 cm³/mol. The Labute approximate surface area is 175 Å². The largest absolute Gasteiger partial charge is 0.326 e. The van der Waals surface area contributed by atoms with Crippen molar-refractivity contribution in [1.82, 2.24) is 10.4 Å². The van der Waals surface area contributed by atoms with Crippen LogP contribution in [0.5, 0.6) is 0 Å². The topological polar surface area (TPSA) is 116 Å². The number of nitrogens with zero attached hydrogens (tertiary/aromatic N) is 3. The lowest BCUT2D eigenvalue weighted by atomic mass is 10.2. The van der Waals surface area contributed by atoms with Crippen molar-refractivity contribution in [3.05, 3.63) is 48.0 Å². The van der Waals surface area contributed by atoms with Gasteiger partial charge in [0.05, 0.1) is 15.9 Å². The van der Waals surface area contributed by atoms with Crippen LogP contribution in [0.2, 0.25) is 0 Å². The number of rotatable bonds is 4. The summed E-state index contributed by atoms with van der Waals surface area (Å²) in [4.78, 5) is 44.5. The Balaban J connectivity index is 1.49. The highest BCUT2D eigenvalue weighted by molar-refractivity contribution is 7.22. The molecule has 10 heteroatoms. The van der Waals surface area contributed by atoms with Crippen molar-refractivity contribution in [1.29, 1.82) is 0 Å². The zero-order chi connectivity index (χ0) is 21.3. The standard InChI is InChI=1S/C20H18N6O3S/c1-11-3-6-14(7-4-11)26-17(28)10-21-18(25-26)19(29)24-20-23-15-8-5-13(22-12(2)27)9-16(15)30-20/h3-9H,10H2,1-2H3,(H,21,25)(H,22,27)(H,23,24,29). The number of carbonyl (C=O) groups excluding carboxylic acids is 3. The summed E-state index contributed by atoms with van der Waals surface area (Å²) in [5.41, 5.74) is 5.81.